The lowest BCUT2D eigenvalue weighted by Gasteiger charge is -2.00. The predicted octanol–water partition coefficient (Wildman–Crippen LogP) is 3.04. The number of aromatic nitrogens is 2. The van der Waals surface area contributed by atoms with E-state index in [2.05, 4.69) is 17.1 Å². The number of halogens is 1. The van der Waals surface area contributed by atoms with Crippen molar-refractivity contribution in [3.8, 4) is 0 Å². The van der Waals surface area contributed by atoms with Crippen LogP contribution in [0.1, 0.15) is 25.1 Å². The molecule has 0 fully saturated rings. The highest BCUT2D eigenvalue weighted by Crippen LogP contribution is 2.24. The molecule has 0 aliphatic carbocycles. The van der Waals surface area contributed by atoms with Gasteiger partial charge >= 0.3 is 0 Å². The van der Waals surface area contributed by atoms with Crippen LogP contribution in [0.3, 0.4) is 0 Å². The van der Waals surface area contributed by atoms with Crippen LogP contribution in [-0.4, -0.2) is 10.1 Å². The molecule has 0 atom stereocenters. The zero-order valence-corrected chi connectivity index (χ0v) is 10.8. The highest BCUT2D eigenvalue weighted by Gasteiger charge is 2.07. The summed E-state index contributed by atoms with van der Waals surface area (Å²) in [5.74, 6) is 1.42. The summed E-state index contributed by atoms with van der Waals surface area (Å²) < 4.78 is 18.3. The minimum absolute atomic E-state index is 0.157. The number of nitrogens with two attached hydrogens (primary N) is 1. The first-order valence-corrected chi connectivity index (χ1v) is 6.67. The normalized spacial score (nSPS) is 10.8. The van der Waals surface area contributed by atoms with E-state index in [9.17, 15) is 4.39 Å². The van der Waals surface area contributed by atoms with Gasteiger partial charge in [0.15, 0.2) is 5.82 Å². The van der Waals surface area contributed by atoms with E-state index in [0.717, 1.165) is 17.7 Å². The Morgan fingerprint density at radius 2 is 2.28 bits per heavy atom. The number of nitrogen functional groups attached to an aromatic ring is 1. The summed E-state index contributed by atoms with van der Waals surface area (Å²) in [6, 6.07) is 4.74. The van der Waals surface area contributed by atoms with Gasteiger partial charge in [-0.15, -0.1) is 11.8 Å². The number of hydrogen-bond donors (Lipinski definition) is 1. The number of hydrogen-bond acceptors (Lipinski definition) is 5. The van der Waals surface area contributed by atoms with Crippen molar-refractivity contribution < 1.29 is 8.91 Å². The van der Waals surface area contributed by atoms with Gasteiger partial charge in [0.05, 0.1) is 11.4 Å². The molecular weight excluding hydrogens is 253 g/mol. The molecule has 0 saturated heterocycles. The van der Waals surface area contributed by atoms with E-state index in [-0.39, 0.29) is 5.69 Å². The molecule has 1 aromatic heterocycles. The van der Waals surface area contributed by atoms with Gasteiger partial charge in [0.1, 0.15) is 5.82 Å². The molecular formula is C12H14FN3OS. The van der Waals surface area contributed by atoms with Gasteiger partial charge in [0, 0.05) is 11.3 Å². The van der Waals surface area contributed by atoms with Crippen molar-refractivity contribution in [3.63, 3.8) is 0 Å². The molecule has 1 heterocycles. The summed E-state index contributed by atoms with van der Waals surface area (Å²) in [5.41, 5.74) is 5.57. The zero-order valence-electron chi connectivity index (χ0n) is 10.0. The van der Waals surface area contributed by atoms with Crippen molar-refractivity contribution >= 4 is 17.4 Å². The van der Waals surface area contributed by atoms with Gasteiger partial charge in [0.25, 0.3) is 0 Å². The summed E-state index contributed by atoms with van der Waals surface area (Å²) in [6.07, 6.45) is 1.76. The van der Waals surface area contributed by atoms with Crippen LogP contribution in [0.2, 0.25) is 0 Å². The first-order valence-electron chi connectivity index (χ1n) is 5.68. The highest BCUT2D eigenvalue weighted by atomic mass is 32.2. The molecule has 6 heteroatoms. The van der Waals surface area contributed by atoms with E-state index in [1.807, 2.05) is 0 Å². The summed E-state index contributed by atoms with van der Waals surface area (Å²) in [6.45, 7) is 2.05. The van der Waals surface area contributed by atoms with Crippen molar-refractivity contribution in [2.24, 2.45) is 0 Å². The molecule has 0 saturated carbocycles. The third-order valence-corrected chi connectivity index (χ3v) is 3.30. The lowest BCUT2D eigenvalue weighted by atomic mass is 10.3. The minimum Gasteiger partial charge on any atom is -0.396 e. The summed E-state index contributed by atoms with van der Waals surface area (Å²) in [4.78, 5) is 5.03. The Balaban J connectivity index is 1.95. The van der Waals surface area contributed by atoms with E-state index < -0.39 is 5.82 Å². The summed E-state index contributed by atoms with van der Waals surface area (Å²) in [5, 5.41) is 3.86. The summed E-state index contributed by atoms with van der Waals surface area (Å²) in [7, 11) is 0. The Morgan fingerprint density at radius 3 is 3.00 bits per heavy atom. The van der Waals surface area contributed by atoms with Crippen LogP contribution >= 0.6 is 11.8 Å². The van der Waals surface area contributed by atoms with Crippen LogP contribution in [0.5, 0.6) is 0 Å². The molecule has 0 amide bonds. The smallest absolute Gasteiger partial charge is 0.226 e. The molecule has 1 aromatic carbocycles. The molecule has 18 heavy (non-hydrogen) atoms. The quantitative estimate of drug-likeness (QED) is 0.666. The maximum Gasteiger partial charge on any atom is 0.226 e. The van der Waals surface area contributed by atoms with Gasteiger partial charge in [-0.2, -0.15) is 4.98 Å². The van der Waals surface area contributed by atoms with E-state index >= 15 is 0 Å². The number of aryl methyl sites for hydroxylation is 1. The van der Waals surface area contributed by atoms with Crippen molar-refractivity contribution in [3.05, 3.63) is 35.7 Å². The lowest BCUT2D eigenvalue weighted by Crippen LogP contribution is -1.90. The van der Waals surface area contributed by atoms with Gasteiger partial charge in [0.2, 0.25) is 5.89 Å². The van der Waals surface area contributed by atoms with Gasteiger partial charge in [-0.25, -0.2) is 4.39 Å². The predicted molar refractivity (Wildman–Crippen MR) is 68.7 cm³/mol. The topological polar surface area (TPSA) is 64.9 Å². The maximum atomic E-state index is 13.2. The molecule has 0 spiro atoms. The second kappa shape index (κ2) is 5.86. The monoisotopic (exact) mass is 267 g/mol. The van der Waals surface area contributed by atoms with Crippen LogP contribution in [-0.2, 0) is 12.2 Å². The number of thioether (sulfide) groups is 1. The minimum atomic E-state index is -0.403. The number of nitrogens with zero attached hydrogens (tertiary/aromatic N) is 2. The Morgan fingerprint density at radius 1 is 1.44 bits per heavy atom. The van der Waals surface area contributed by atoms with Gasteiger partial charge in [-0.05, 0) is 24.6 Å². The fourth-order valence-corrected chi connectivity index (χ4v) is 2.17. The fourth-order valence-electron chi connectivity index (χ4n) is 1.41. The second-order valence-electron chi connectivity index (χ2n) is 3.83. The number of rotatable bonds is 5. The Kier molecular flexibility index (Phi) is 4.19. The van der Waals surface area contributed by atoms with E-state index in [1.165, 1.54) is 17.8 Å². The standard InChI is InChI=1S/C12H14FN3OS/c1-2-3-12-15-11(16-17-12)7-18-8-4-5-10(14)9(13)6-8/h4-6H,2-3,7,14H2,1H3. The van der Waals surface area contributed by atoms with E-state index in [4.69, 9.17) is 10.3 Å². The molecule has 2 N–H and O–H groups in total. The molecule has 4 nitrogen and oxygen atoms in total. The third kappa shape index (κ3) is 3.22. The first kappa shape index (κ1) is 12.9. The van der Waals surface area contributed by atoms with Crippen molar-refractivity contribution in [2.75, 3.05) is 5.73 Å². The van der Waals surface area contributed by atoms with Gasteiger partial charge < -0.3 is 10.3 Å². The maximum absolute atomic E-state index is 13.2. The van der Waals surface area contributed by atoms with Crippen LogP contribution in [0.25, 0.3) is 0 Å². The zero-order chi connectivity index (χ0) is 13.0. The average Bonchev–Trinajstić information content (AvgIpc) is 2.79. The van der Waals surface area contributed by atoms with Crippen LogP contribution in [0, 0.1) is 5.82 Å². The van der Waals surface area contributed by atoms with E-state index in [1.54, 1.807) is 12.1 Å². The molecule has 0 bridgehead atoms. The third-order valence-electron chi connectivity index (χ3n) is 2.31. The van der Waals surface area contributed by atoms with E-state index in [0.29, 0.717) is 17.5 Å². The van der Waals surface area contributed by atoms with Crippen LogP contribution in [0.4, 0.5) is 10.1 Å². The Hall–Kier alpha value is -1.56. The largest absolute Gasteiger partial charge is 0.396 e. The molecule has 0 unspecified atom stereocenters. The number of anilines is 1. The van der Waals surface area contributed by atoms with Crippen LogP contribution < -0.4 is 5.73 Å². The van der Waals surface area contributed by atoms with Gasteiger partial charge in [-0.3, -0.25) is 0 Å². The highest BCUT2D eigenvalue weighted by molar-refractivity contribution is 7.98. The molecule has 0 aliphatic rings. The second-order valence-corrected chi connectivity index (χ2v) is 4.88. The molecule has 2 aromatic rings. The fraction of sp³-hybridized carbons (Fsp3) is 0.333. The van der Waals surface area contributed by atoms with Crippen molar-refractivity contribution in [2.45, 2.75) is 30.4 Å². The molecule has 2 rings (SSSR count). The average molecular weight is 267 g/mol. The van der Waals surface area contributed by atoms with Crippen LogP contribution in [0.15, 0.2) is 27.6 Å². The Bertz CT molecular complexity index is 530. The molecule has 96 valence electrons. The molecule has 0 aliphatic heterocycles. The van der Waals surface area contributed by atoms with Gasteiger partial charge in [-0.1, -0.05) is 12.1 Å². The van der Waals surface area contributed by atoms with Crippen molar-refractivity contribution in [1.29, 1.82) is 0 Å². The van der Waals surface area contributed by atoms with Crippen molar-refractivity contribution in [1.82, 2.24) is 10.1 Å². The summed E-state index contributed by atoms with van der Waals surface area (Å²) >= 11 is 1.45. The number of benzene rings is 1. The SMILES string of the molecule is CCCc1nc(CSc2ccc(N)c(F)c2)no1. The molecule has 0 radical (unpaired) electrons. The first-order chi connectivity index (χ1) is 8.69. The Labute approximate surface area is 109 Å². The lowest BCUT2D eigenvalue weighted by molar-refractivity contribution is 0.373.